The number of alkyl halides is 6. The third-order valence-electron chi connectivity index (χ3n) is 5.53. The van der Waals surface area contributed by atoms with Crippen LogP contribution in [0, 0.1) is 5.41 Å². The monoisotopic (exact) mass is 475 g/mol. The second kappa shape index (κ2) is 8.35. The summed E-state index contributed by atoms with van der Waals surface area (Å²) in [7, 11) is 0. The smallest absolute Gasteiger partial charge is 0.434 e. The quantitative estimate of drug-likeness (QED) is 0.502. The van der Waals surface area contributed by atoms with Crippen LogP contribution in [-0.2, 0) is 4.74 Å². The highest BCUT2D eigenvalue weighted by molar-refractivity contribution is 5.69. The first kappa shape index (κ1) is 23.1. The largest absolute Gasteiger partial charge is 0.490 e. The molecule has 2 aromatic carbocycles. The normalized spacial score (nSPS) is 18.0. The van der Waals surface area contributed by atoms with E-state index in [1.165, 1.54) is 0 Å². The zero-order valence-corrected chi connectivity index (χ0v) is 17.0. The maximum absolute atomic E-state index is 12.6. The summed E-state index contributed by atoms with van der Waals surface area (Å²) < 4.78 is 90.7. The van der Waals surface area contributed by atoms with Gasteiger partial charge < -0.3 is 19.1 Å². The summed E-state index contributed by atoms with van der Waals surface area (Å²) in [5.41, 5.74) is -0.381. The first-order valence-corrected chi connectivity index (χ1v) is 10.0. The molecule has 1 amide bonds. The van der Waals surface area contributed by atoms with Crippen molar-refractivity contribution >= 4 is 6.09 Å². The van der Waals surface area contributed by atoms with E-state index in [0.717, 1.165) is 4.90 Å². The molecule has 11 heteroatoms. The molecule has 2 aromatic rings. The molecule has 1 spiro atoms. The van der Waals surface area contributed by atoms with Gasteiger partial charge >= 0.3 is 18.4 Å². The molecule has 1 aliphatic heterocycles. The van der Waals surface area contributed by atoms with Gasteiger partial charge in [0.05, 0.1) is 0 Å². The average molecular weight is 475 g/mol. The number of hydrogen-bond acceptors (Lipinski definition) is 4. The van der Waals surface area contributed by atoms with Crippen LogP contribution in [0.4, 0.5) is 31.1 Å². The number of carbonyl (C=O) groups excluding carboxylic acids is 1. The van der Waals surface area contributed by atoms with Crippen molar-refractivity contribution in [2.24, 2.45) is 5.41 Å². The van der Waals surface area contributed by atoms with E-state index in [1.54, 1.807) is 24.3 Å². The second-order valence-electron chi connectivity index (χ2n) is 8.24. The topological polar surface area (TPSA) is 48.0 Å². The molecule has 4 rings (SSSR count). The highest BCUT2D eigenvalue weighted by atomic mass is 19.4. The third-order valence-corrected chi connectivity index (χ3v) is 5.53. The van der Waals surface area contributed by atoms with Crippen molar-refractivity contribution < 1.29 is 45.3 Å². The van der Waals surface area contributed by atoms with Gasteiger partial charge in [0, 0.05) is 24.6 Å². The Bertz CT molecular complexity index is 966. The number of amides is 1. The van der Waals surface area contributed by atoms with Crippen LogP contribution < -0.4 is 9.47 Å². The summed E-state index contributed by atoms with van der Waals surface area (Å²) in [6.45, 7) is 0.0383. The van der Waals surface area contributed by atoms with Crippen LogP contribution in [0.1, 0.15) is 12.8 Å². The lowest BCUT2D eigenvalue weighted by molar-refractivity contribution is -0.309. The molecule has 1 heterocycles. The Morgan fingerprint density at radius 3 is 2.06 bits per heavy atom. The summed E-state index contributed by atoms with van der Waals surface area (Å²) >= 11 is 0. The summed E-state index contributed by atoms with van der Waals surface area (Å²) in [4.78, 5) is 12.6. The minimum atomic E-state index is -5.73. The summed E-state index contributed by atoms with van der Waals surface area (Å²) in [5, 5.41) is 0. The van der Waals surface area contributed by atoms with Gasteiger partial charge in [0.15, 0.2) is 0 Å². The molecular weight excluding hydrogens is 456 g/mol. The van der Waals surface area contributed by atoms with E-state index >= 15 is 0 Å². The molecule has 1 saturated heterocycles. The minimum absolute atomic E-state index is 0.0191. The van der Waals surface area contributed by atoms with Gasteiger partial charge in [0.25, 0.3) is 6.10 Å². The Morgan fingerprint density at radius 2 is 1.45 bits per heavy atom. The number of hydrogen-bond donors (Lipinski definition) is 0. The van der Waals surface area contributed by atoms with Gasteiger partial charge in [-0.3, -0.25) is 0 Å². The van der Waals surface area contributed by atoms with E-state index < -0.39 is 24.5 Å². The fourth-order valence-corrected chi connectivity index (χ4v) is 4.06. The predicted octanol–water partition coefficient (Wildman–Crippen LogP) is 5.95. The lowest BCUT2D eigenvalue weighted by Crippen LogP contribution is -2.66. The highest BCUT2D eigenvalue weighted by Gasteiger charge is 2.61. The number of rotatable bonds is 5. The van der Waals surface area contributed by atoms with Crippen molar-refractivity contribution in [1.29, 1.82) is 0 Å². The number of ether oxygens (including phenoxy) is 3. The first-order valence-electron chi connectivity index (χ1n) is 10.0. The fourth-order valence-electron chi connectivity index (χ4n) is 4.06. The molecule has 178 valence electrons. The minimum Gasteiger partial charge on any atom is -0.490 e. The van der Waals surface area contributed by atoms with Crippen LogP contribution in [0.5, 0.6) is 17.2 Å². The second-order valence-corrected chi connectivity index (χ2v) is 8.24. The SMILES string of the molecule is O=C(OC(C(F)(F)F)C(F)(F)F)N1CC2(CC(Oc3cccc(Oc4ccccc4)c3)C2)C1. The molecule has 0 N–H and O–H groups in total. The van der Waals surface area contributed by atoms with Gasteiger partial charge in [-0.1, -0.05) is 24.3 Å². The predicted molar refractivity (Wildman–Crippen MR) is 103 cm³/mol. The van der Waals surface area contributed by atoms with Gasteiger partial charge in [0.1, 0.15) is 23.4 Å². The van der Waals surface area contributed by atoms with E-state index in [-0.39, 0.29) is 24.6 Å². The molecule has 1 saturated carbocycles. The van der Waals surface area contributed by atoms with E-state index in [9.17, 15) is 31.1 Å². The number of carbonyl (C=O) groups is 1. The molecule has 0 radical (unpaired) electrons. The summed E-state index contributed by atoms with van der Waals surface area (Å²) in [5.74, 6) is 1.81. The number of halogens is 6. The van der Waals surface area contributed by atoms with Crippen LogP contribution in [0.3, 0.4) is 0 Å². The first-order chi connectivity index (χ1) is 15.4. The molecule has 5 nitrogen and oxygen atoms in total. The molecular formula is C22H19F6NO4. The van der Waals surface area contributed by atoms with E-state index in [2.05, 4.69) is 4.74 Å². The standard InChI is InChI=1S/C22H19F6NO4/c23-21(24,25)18(22(26,27)28)33-19(30)29-12-20(13-29)10-17(11-20)32-16-8-4-7-15(9-16)31-14-5-2-1-3-6-14/h1-9,17-18H,10-13H2. The molecule has 0 aromatic heterocycles. The summed E-state index contributed by atoms with van der Waals surface area (Å²) in [6.07, 6.45) is -16.4. The molecule has 0 bridgehead atoms. The van der Waals surface area contributed by atoms with Crippen LogP contribution in [0.25, 0.3) is 0 Å². The highest BCUT2D eigenvalue weighted by Crippen LogP contribution is 2.50. The lowest BCUT2D eigenvalue weighted by atomic mass is 9.62. The molecule has 2 fully saturated rings. The molecule has 2 aliphatic rings. The van der Waals surface area contributed by atoms with Gasteiger partial charge in [-0.2, -0.15) is 26.3 Å². The summed E-state index contributed by atoms with van der Waals surface area (Å²) in [6, 6.07) is 16.2. The number of para-hydroxylation sites is 1. The third kappa shape index (κ3) is 5.28. The van der Waals surface area contributed by atoms with Crippen LogP contribution in [-0.4, -0.2) is 48.6 Å². The van der Waals surface area contributed by atoms with Crippen molar-refractivity contribution in [1.82, 2.24) is 4.90 Å². The van der Waals surface area contributed by atoms with Crippen molar-refractivity contribution in [3.63, 3.8) is 0 Å². The zero-order valence-electron chi connectivity index (χ0n) is 17.0. The molecule has 33 heavy (non-hydrogen) atoms. The Kier molecular flexibility index (Phi) is 5.83. The molecule has 1 aliphatic carbocycles. The lowest BCUT2D eigenvalue weighted by Gasteiger charge is -2.57. The van der Waals surface area contributed by atoms with E-state index in [1.807, 2.05) is 30.3 Å². The Hall–Kier alpha value is -3.11. The number of likely N-dealkylation sites (tertiary alicyclic amines) is 1. The van der Waals surface area contributed by atoms with Gasteiger partial charge in [0.2, 0.25) is 0 Å². The van der Waals surface area contributed by atoms with Crippen molar-refractivity contribution in [2.45, 2.75) is 37.4 Å². The molecule has 0 unspecified atom stereocenters. The fraction of sp³-hybridized carbons (Fsp3) is 0.409. The number of nitrogens with zero attached hydrogens (tertiary/aromatic N) is 1. The van der Waals surface area contributed by atoms with E-state index in [4.69, 9.17) is 9.47 Å². The van der Waals surface area contributed by atoms with E-state index in [0.29, 0.717) is 30.1 Å². The maximum atomic E-state index is 12.6. The van der Waals surface area contributed by atoms with Crippen LogP contribution in [0.2, 0.25) is 0 Å². The van der Waals surface area contributed by atoms with Crippen molar-refractivity contribution in [3.8, 4) is 17.2 Å². The van der Waals surface area contributed by atoms with Crippen LogP contribution >= 0.6 is 0 Å². The van der Waals surface area contributed by atoms with Crippen molar-refractivity contribution in [3.05, 3.63) is 54.6 Å². The Morgan fingerprint density at radius 1 is 0.879 bits per heavy atom. The number of benzene rings is 2. The zero-order chi connectivity index (χ0) is 23.9. The van der Waals surface area contributed by atoms with Crippen LogP contribution in [0.15, 0.2) is 54.6 Å². The van der Waals surface area contributed by atoms with Gasteiger partial charge in [-0.15, -0.1) is 0 Å². The maximum Gasteiger partial charge on any atom is 0.434 e. The Labute approximate surface area is 184 Å². The van der Waals surface area contributed by atoms with Gasteiger partial charge in [-0.25, -0.2) is 4.79 Å². The average Bonchev–Trinajstić information content (AvgIpc) is 2.66. The van der Waals surface area contributed by atoms with Crippen molar-refractivity contribution in [2.75, 3.05) is 13.1 Å². The Balaban J connectivity index is 1.25. The molecule has 0 atom stereocenters. The van der Waals surface area contributed by atoms with Gasteiger partial charge in [-0.05, 0) is 37.1 Å².